The second-order valence-corrected chi connectivity index (χ2v) is 7.03. The summed E-state index contributed by atoms with van der Waals surface area (Å²) in [7, 11) is 1.73. The Morgan fingerprint density at radius 1 is 1.04 bits per heavy atom. The molecule has 1 amide bonds. The highest BCUT2D eigenvalue weighted by Crippen LogP contribution is 2.21. The van der Waals surface area contributed by atoms with Crippen molar-refractivity contribution < 1.29 is 4.79 Å². The average molecular weight is 512 g/mol. The molecule has 0 fully saturated rings. The summed E-state index contributed by atoms with van der Waals surface area (Å²) in [6, 6.07) is 16.3. The highest BCUT2D eigenvalue weighted by atomic mass is 127. The number of hydrogen-bond acceptors (Lipinski definition) is 3. The summed E-state index contributed by atoms with van der Waals surface area (Å²) in [6.07, 6.45) is 2.48. The maximum atomic E-state index is 12.0. The van der Waals surface area contributed by atoms with Crippen molar-refractivity contribution in [2.24, 2.45) is 4.99 Å². The number of hydrogen-bond donors (Lipinski definition) is 3. The second-order valence-electron chi connectivity index (χ2n) is 6.18. The minimum atomic E-state index is 0. The molecule has 2 aromatic rings. The zero-order valence-corrected chi connectivity index (χ0v) is 19.8. The number of carbonyl (C=O) groups is 1. The molecule has 0 aliphatic rings. The maximum absolute atomic E-state index is 12.0. The first-order chi connectivity index (χ1) is 13.1. The van der Waals surface area contributed by atoms with Crippen molar-refractivity contribution in [1.29, 1.82) is 0 Å². The Hall–Kier alpha value is -1.74. The minimum Gasteiger partial charge on any atom is -0.356 e. The van der Waals surface area contributed by atoms with E-state index in [4.69, 9.17) is 0 Å². The van der Waals surface area contributed by atoms with Crippen LogP contribution in [0, 0.1) is 6.92 Å². The van der Waals surface area contributed by atoms with Crippen molar-refractivity contribution in [2.45, 2.75) is 31.3 Å². The second kappa shape index (κ2) is 13.4. The predicted molar refractivity (Wildman–Crippen MR) is 129 cm³/mol. The third-order valence-electron chi connectivity index (χ3n) is 4.09. The van der Waals surface area contributed by atoms with Gasteiger partial charge in [-0.1, -0.05) is 42.5 Å². The summed E-state index contributed by atoms with van der Waals surface area (Å²) in [6.45, 7) is 3.87. The van der Waals surface area contributed by atoms with Crippen molar-refractivity contribution in [1.82, 2.24) is 16.0 Å². The Morgan fingerprint density at radius 3 is 2.46 bits per heavy atom. The van der Waals surface area contributed by atoms with E-state index >= 15 is 0 Å². The van der Waals surface area contributed by atoms with Crippen molar-refractivity contribution in [3.63, 3.8) is 0 Å². The van der Waals surface area contributed by atoms with E-state index in [2.05, 4.69) is 52.3 Å². The number of nitrogens with zero attached hydrogens (tertiary/aromatic N) is 1. The molecule has 2 rings (SSSR count). The molecule has 152 valence electrons. The predicted octanol–water partition coefficient (Wildman–Crippen LogP) is 3.71. The number of carbonyl (C=O) groups excluding carboxylic acids is 1. The number of benzene rings is 2. The molecule has 2 aromatic carbocycles. The van der Waals surface area contributed by atoms with Crippen LogP contribution in [-0.4, -0.2) is 31.7 Å². The molecule has 0 unspecified atom stereocenters. The quantitative estimate of drug-likeness (QED) is 0.219. The van der Waals surface area contributed by atoms with E-state index < -0.39 is 0 Å². The van der Waals surface area contributed by atoms with E-state index in [1.807, 2.05) is 30.3 Å². The maximum Gasteiger partial charge on any atom is 0.222 e. The lowest BCUT2D eigenvalue weighted by Crippen LogP contribution is -2.39. The molecule has 0 radical (unpaired) electrons. The molecule has 0 aromatic heterocycles. The molecule has 0 spiro atoms. The fraction of sp³-hybridized carbons (Fsp3) is 0.333. The van der Waals surface area contributed by atoms with Crippen LogP contribution < -0.4 is 16.0 Å². The first-order valence-corrected chi connectivity index (χ1v) is 10.2. The number of rotatable bonds is 8. The lowest BCUT2D eigenvalue weighted by molar-refractivity contribution is -0.121. The summed E-state index contributed by atoms with van der Waals surface area (Å²) >= 11 is 1.74. The standard InChI is InChI=1S/C21H28N4OS.HI/c1-16-9-10-18(19(13-16)27-3)15-25-21(22-2)23-12-11-20(26)24-14-17-7-5-4-6-8-17;/h4-10,13H,11-12,14-15H2,1-3H3,(H,24,26)(H2,22,23,25);1H. The fourth-order valence-electron chi connectivity index (χ4n) is 2.58. The highest BCUT2D eigenvalue weighted by molar-refractivity contribution is 14.0. The molecule has 0 aliphatic heterocycles. The van der Waals surface area contributed by atoms with E-state index in [1.165, 1.54) is 16.0 Å². The number of aryl methyl sites for hydroxylation is 1. The molecule has 28 heavy (non-hydrogen) atoms. The van der Waals surface area contributed by atoms with E-state index in [0.717, 1.165) is 5.56 Å². The molecule has 0 saturated carbocycles. The van der Waals surface area contributed by atoms with Gasteiger partial charge in [-0.15, -0.1) is 35.7 Å². The van der Waals surface area contributed by atoms with Crippen LogP contribution in [-0.2, 0) is 17.9 Å². The van der Waals surface area contributed by atoms with Gasteiger partial charge in [-0.3, -0.25) is 9.79 Å². The molecule has 7 heteroatoms. The number of guanidine groups is 1. The van der Waals surface area contributed by atoms with Gasteiger partial charge in [0.2, 0.25) is 5.91 Å². The Labute approximate surface area is 189 Å². The third kappa shape index (κ3) is 8.52. The summed E-state index contributed by atoms with van der Waals surface area (Å²) in [4.78, 5) is 17.5. The van der Waals surface area contributed by atoms with Crippen LogP contribution in [0.25, 0.3) is 0 Å². The Bertz CT molecular complexity index is 768. The SMILES string of the molecule is CN=C(NCCC(=O)NCc1ccccc1)NCc1ccc(C)cc1SC.I. The normalized spacial score (nSPS) is 10.8. The van der Waals surface area contributed by atoms with E-state index in [0.29, 0.717) is 32.0 Å². The number of nitrogens with one attached hydrogen (secondary N) is 3. The molecule has 0 aliphatic carbocycles. The number of amides is 1. The van der Waals surface area contributed by atoms with Crippen LogP contribution in [0.4, 0.5) is 0 Å². The van der Waals surface area contributed by atoms with Gasteiger partial charge >= 0.3 is 0 Å². The summed E-state index contributed by atoms with van der Waals surface area (Å²) in [5.74, 6) is 0.712. The van der Waals surface area contributed by atoms with Gasteiger partial charge in [-0.05, 0) is 35.9 Å². The van der Waals surface area contributed by atoms with Gasteiger partial charge < -0.3 is 16.0 Å². The van der Waals surface area contributed by atoms with Crippen LogP contribution in [0.1, 0.15) is 23.1 Å². The molecule has 0 bridgehead atoms. The first-order valence-electron chi connectivity index (χ1n) is 9.01. The third-order valence-corrected chi connectivity index (χ3v) is 4.91. The Morgan fingerprint density at radius 2 is 1.79 bits per heavy atom. The van der Waals surface area contributed by atoms with Gasteiger partial charge in [0.1, 0.15) is 0 Å². The van der Waals surface area contributed by atoms with Crippen LogP contribution in [0.3, 0.4) is 0 Å². The molecular weight excluding hydrogens is 483 g/mol. The average Bonchev–Trinajstić information content (AvgIpc) is 2.70. The molecular formula is C21H29IN4OS. The van der Waals surface area contributed by atoms with Crippen molar-refractivity contribution >= 4 is 47.6 Å². The van der Waals surface area contributed by atoms with Crippen LogP contribution in [0.5, 0.6) is 0 Å². The molecule has 0 atom stereocenters. The highest BCUT2D eigenvalue weighted by Gasteiger charge is 2.05. The zero-order valence-electron chi connectivity index (χ0n) is 16.6. The van der Waals surface area contributed by atoms with Crippen molar-refractivity contribution in [3.8, 4) is 0 Å². The van der Waals surface area contributed by atoms with Gasteiger partial charge in [0.25, 0.3) is 0 Å². The Kier molecular flexibility index (Phi) is 11.7. The van der Waals surface area contributed by atoms with Crippen LogP contribution in [0.15, 0.2) is 58.4 Å². The smallest absolute Gasteiger partial charge is 0.222 e. The first kappa shape index (κ1) is 24.3. The van der Waals surface area contributed by atoms with E-state index in [-0.39, 0.29) is 29.9 Å². The summed E-state index contributed by atoms with van der Waals surface area (Å²) in [5.41, 5.74) is 3.59. The molecule has 5 nitrogen and oxygen atoms in total. The molecule has 0 saturated heterocycles. The lowest BCUT2D eigenvalue weighted by Gasteiger charge is -2.14. The van der Waals surface area contributed by atoms with Gasteiger partial charge in [-0.2, -0.15) is 0 Å². The minimum absolute atomic E-state index is 0. The van der Waals surface area contributed by atoms with Gasteiger partial charge in [0.05, 0.1) is 0 Å². The van der Waals surface area contributed by atoms with E-state index in [1.54, 1.807) is 18.8 Å². The van der Waals surface area contributed by atoms with Gasteiger partial charge in [-0.25, -0.2) is 0 Å². The number of aliphatic imine (C=N–C) groups is 1. The summed E-state index contributed by atoms with van der Waals surface area (Å²) in [5, 5.41) is 9.42. The van der Waals surface area contributed by atoms with Crippen LogP contribution >= 0.6 is 35.7 Å². The Balaban J connectivity index is 0.00000392. The topological polar surface area (TPSA) is 65.5 Å². The molecule has 3 N–H and O–H groups in total. The fourth-order valence-corrected chi connectivity index (χ4v) is 3.28. The molecule has 0 heterocycles. The lowest BCUT2D eigenvalue weighted by atomic mass is 10.1. The summed E-state index contributed by atoms with van der Waals surface area (Å²) < 4.78 is 0. The van der Waals surface area contributed by atoms with Crippen molar-refractivity contribution in [3.05, 3.63) is 65.2 Å². The monoisotopic (exact) mass is 512 g/mol. The zero-order chi connectivity index (χ0) is 19.5. The largest absolute Gasteiger partial charge is 0.356 e. The van der Waals surface area contributed by atoms with Gasteiger partial charge in [0.15, 0.2) is 5.96 Å². The van der Waals surface area contributed by atoms with Gasteiger partial charge in [0, 0.05) is 38.0 Å². The van der Waals surface area contributed by atoms with E-state index in [9.17, 15) is 4.79 Å². The van der Waals surface area contributed by atoms with Crippen LogP contribution in [0.2, 0.25) is 0 Å². The number of halogens is 1. The van der Waals surface area contributed by atoms with Crippen molar-refractivity contribution in [2.75, 3.05) is 19.8 Å². The number of thioether (sulfide) groups is 1.